The van der Waals surface area contributed by atoms with E-state index in [4.69, 9.17) is 20.8 Å². The minimum absolute atomic E-state index is 0.418. The van der Waals surface area contributed by atoms with E-state index < -0.39 is 11.7 Å². The first kappa shape index (κ1) is 25.5. The fourth-order valence-electron chi connectivity index (χ4n) is 3.76. The Hall–Kier alpha value is -3.56. The van der Waals surface area contributed by atoms with Crippen LogP contribution in [0.1, 0.15) is 54.9 Å². The lowest BCUT2D eigenvalue weighted by molar-refractivity contribution is 0.0635. The first-order chi connectivity index (χ1) is 17.1. The number of ether oxygens (including phenoxy) is 1. The van der Waals surface area contributed by atoms with E-state index in [2.05, 4.69) is 30.8 Å². The number of nitrogens with one attached hydrogen (secondary N) is 2. The van der Waals surface area contributed by atoms with E-state index in [0.717, 1.165) is 33.3 Å². The van der Waals surface area contributed by atoms with Crippen LogP contribution in [-0.4, -0.2) is 31.9 Å². The van der Waals surface area contributed by atoms with Gasteiger partial charge in [-0.05, 0) is 75.6 Å². The Balaban J connectivity index is 1.33. The van der Waals surface area contributed by atoms with Crippen molar-refractivity contribution < 1.29 is 13.9 Å². The predicted molar refractivity (Wildman–Crippen MR) is 138 cm³/mol. The van der Waals surface area contributed by atoms with Gasteiger partial charge in [-0.25, -0.2) is 9.78 Å². The summed E-state index contributed by atoms with van der Waals surface area (Å²) in [6.07, 6.45) is 1.62. The first-order valence-electron chi connectivity index (χ1n) is 11.6. The first-order valence-corrected chi connectivity index (χ1v) is 12.0. The zero-order chi connectivity index (χ0) is 25.9. The van der Waals surface area contributed by atoms with Crippen LogP contribution in [0.2, 0.25) is 5.02 Å². The number of hydrogen-bond donors (Lipinski definition) is 2. The van der Waals surface area contributed by atoms with E-state index in [1.165, 1.54) is 0 Å². The SMILES string of the molecule is Cc1cc(NC(=O)OC(C)(C)C)nc(C)c1CNCc1nnc(Cc2ccc3ncc(Cl)cc3c2)o1. The summed E-state index contributed by atoms with van der Waals surface area (Å²) < 4.78 is 11.1. The minimum Gasteiger partial charge on any atom is -0.444 e. The van der Waals surface area contributed by atoms with Crippen LogP contribution in [0, 0.1) is 13.8 Å². The fraction of sp³-hybridized carbons (Fsp3) is 0.346. The predicted octanol–water partition coefficient (Wildman–Crippen LogP) is 5.51. The molecule has 2 N–H and O–H groups in total. The summed E-state index contributed by atoms with van der Waals surface area (Å²) in [5, 5.41) is 15.9. The second-order valence-electron chi connectivity index (χ2n) is 9.57. The van der Waals surface area contributed by atoms with Crippen LogP contribution in [-0.2, 0) is 24.2 Å². The van der Waals surface area contributed by atoms with Crippen molar-refractivity contribution in [2.75, 3.05) is 5.32 Å². The van der Waals surface area contributed by atoms with E-state index in [-0.39, 0.29) is 0 Å². The molecule has 10 heteroatoms. The van der Waals surface area contributed by atoms with Crippen molar-refractivity contribution in [2.45, 2.75) is 59.7 Å². The quantitative estimate of drug-likeness (QED) is 0.335. The third kappa shape index (κ3) is 6.77. The molecule has 4 aromatic rings. The number of aryl methyl sites for hydroxylation is 2. The summed E-state index contributed by atoms with van der Waals surface area (Å²) in [6.45, 7) is 10.3. The van der Waals surface area contributed by atoms with Gasteiger partial charge in [-0.15, -0.1) is 10.2 Å². The van der Waals surface area contributed by atoms with Crippen molar-refractivity contribution >= 4 is 34.4 Å². The Morgan fingerprint density at radius 2 is 1.86 bits per heavy atom. The number of halogens is 1. The number of carbonyl (C=O) groups is 1. The summed E-state index contributed by atoms with van der Waals surface area (Å²) in [5.41, 5.74) is 4.18. The standard InChI is InChI=1S/C26H29ClN6O3/c1-15-8-22(31-25(34)36-26(3,4)5)30-16(2)20(15)13-28-14-24-33-32-23(35-24)10-17-6-7-21-18(9-17)11-19(27)12-29-21/h6-9,11-12,28H,10,13-14H2,1-5H3,(H,30,31,34). The number of rotatable bonds is 7. The highest BCUT2D eigenvalue weighted by Crippen LogP contribution is 2.20. The van der Waals surface area contributed by atoms with Gasteiger partial charge in [0.05, 0.1) is 23.5 Å². The smallest absolute Gasteiger partial charge is 0.413 e. The molecule has 0 atom stereocenters. The molecule has 0 unspecified atom stereocenters. The molecule has 0 aliphatic heterocycles. The van der Waals surface area contributed by atoms with Crippen LogP contribution < -0.4 is 10.6 Å². The number of aromatic nitrogens is 4. The highest BCUT2D eigenvalue weighted by molar-refractivity contribution is 6.31. The second kappa shape index (κ2) is 10.6. The van der Waals surface area contributed by atoms with E-state index in [1.54, 1.807) is 6.20 Å². The van der Waals surface area contributed by atoms with Gasteiger partial charge in [0, 0.05) is 23.8 Å². The van der Waals surface area contributed by atoms with E-state index in [0.29, 0.717) is 42.1 Å². The highest BCUT2D eigenvalue weighted by Gasteiger charge is 2.17. The number of hydrogen-bond acceptors (Lipinski definition) is 8. The van der Waals surface area contributed by atoms with Gasteiger partial charge in [0.25, 0.3) is 0 Å². The van der Waals surface area contributed by atoms with Gasteiger partial charge in [0.15, 0.2) is 0 Å². The third-order valence-corrected chi connectivity index (χ3v) is 5.54. The Labute approximate surface area is 214 Å². The average Bonchev–Trinajstić information content (AvgIpc) is 3.21. The number of benzene rings is 1. The molecule has 0 radical (unpaired) electrons. The Kier molecular flexibility index (Phi) is 7.51. The molecule has 0 saturated carbocycles. The number of carbonyl (C=O) groups excluding carboxylic acids is 1. The number of nitrogens with zero attached hydrogens (tertiary/aromatic N) is 4. The lowest BCUT2D eigenvalue weighted by atomic mass is 10.1. The van der Waals surface area contributed by atoms with Gasteiger partial charge in [-0.3, -0.25) is 10.3 Å². The summed E-state index contributed by atoms with van der Waals surface area (Å²) in [4.78, 5) is 20.8. The zero-order valence-electron chi connectivity index (χ0n) is 21.0. The molecule has 1 amide bonds. The number of amides is 1. The minimum atomic E-state index is -0.575. The molecular weight excluding hydrogens is 480 g/mol. The Morgan fingerprint density at radius 3 is 2.61 bits per heavy atom. The van der Waals surface area contributed by atoms with Crippen LogP contribution in [0.5, 0.6) is 0 Å². The maximum Gasteiger partial charge on any atom is 0.413 e. The average molecular weight is 509 g/mol. The summed E-state index contributed by atoms with van der Waals surface area (Å²) in [7, 11) is 0. The maximum absolute atomic E-state index is 12.0. The lowest BCUT2D eigenvalue weighted by Crippen LogP contribution is -2.27. The van der Waals surface area contributed by atoms with Gasteiger partial charge in [0.1, 0.15) is 11.4 Å². The molecule has 9 nitrogen and oxygen atoms in total. The molecule has 0 aliphatic rings. The Bertz CT molecular complexity index is 1370. The topological polar surface area (TPSA) is 115 Å². The number of anilines is 1. The molecule has 0 saturated heterocycles. The number of pyridine rings is 2. The lowest BCUT2D eigenvalue weighted by Gasteiger charge is -2.20. The van der Waals surface area contributed by atoms with Crippen molar-refractivity contribution in [1.82, 2.24) is 25.5 Å². The van der Waals surface area contributed by atoms with Gasteiger partial charge < -0.3 is 14.5 Å². The molecule has 0 aliphatic carbocycles. The zero-order valence-corrected chi connectivity index (χ0v) is 21.7. The molecular formula is C26H29ClN6O3. The monoisotopic (exact) mass is 508 g/mol. The van der Waals surface area contributed by atoms with E-state index in [1.807, 2.05) is 65.0 Å². The van der Waals surface area contributed by atoms with E-state index >= 15 is 0 Å². The van der Waals surface area contributed by atoms with Crippen LogP contribution in [0.4, 0.5) is 10.6 Å². The van der Waals surface area contributed by atoms with Crippen molar-refractivity contribution in [1.29, 1.82) is 0 Å². The molecule has 0 fully saturated rings. The van der Waals surface area contributed by atoms with Crippen molar-refractivity contribution in [3.63, 3.8) is 0 Å². The molecule has 36 heavy (non-hydrogen) atoms. The third-order valence-electron chi connectivity index (χ3n) is 5.34. The summed E-state index contributed by atoms with van der Waals surface area (Å²) in [6, 6.07) is 9.68. The Morgan fingerprint density at radius 1 is 1.08 bits per heavy atom. The molecule has 0 spiro atoms. The normalized spacial score (nSPS) is 11.6. The van der Waals surface area contributed by atoms with Crippen LogP contribution >= 0.6 is 11.6 Å². The van der Waals surface area contributed by atoms with Gasteiger partial charge in [-0.2, -0.15) is 0 Å². The summed E-state index contributed by atoms with van der Waals surface area (Å²) in [5.74, 6) is 1.49. The van der Waals surface area contributed by atoms with Crippen LogP contribution in [0.25, 0.3) is 10.9 Å². The molecule has 3 aromatic heterocycles. The number of fused-ring (bicyclic) bond motifs is 1. The molecule has 0 bridgehead atoms. The largest absolute Gasteiger partial charge is 0.444 e. The van der Waals surface area contributed by atoms with E-state index in [9.17, 15) is 4.79 Å². The van der Waals surface area contributed by atoms with Gasteiger partial charge in [-0.1, -0.05) is 17.7 Å². The van der Waals surface area contributed by atoms with Gasteiger partial charge in [0.2, 0.25) is 11.8 Å². The molecule has 1 aromatic carbocycles. The molecule has 188 valence electrons. The maximum atomic E-state index is 12.0. The summed E-state index contributed by atoms with van der Waals surface area (Å²) >= 11 is 6.06. The van der Waals surface area contributed by atoms with Crippen molar-refractivity contribution in [3.8, 4) is 0 Å². The molecule has 4 rings (SSSR count). The molecule has 3 heterocycles. The highest BCUT2D eigenvalue weighted by atomic mass is 35.5. The van der Waals surface area contributed by atoms with Crippen LogP contribution in [0.15, 0.2) is 40.9 Å². The second-order valence-corrected chi connectivity index (χ2v) is 10.0. The van der Waals surface area contributed by atoms with Gasteiger partial charge >= 0.3 is 6.09 Å². The fourth-order valence-corrected chi connectivity index (χ4v) is 3.93. The van der Waals surface area contributed by atoms with Crippen molar-refractivity contribution in [3.05, 3.63) is 75.7 Å². The van der Waals surface area contributed by atoms with Crippen molar-refractivity contribution in [2.24, 2.45) is 0 Å². The van der Waals surface area contributed by atoms with Crippen LogP contribution in [0.3, 0.4) is 0 Å².